The van der Waals surface area contributed by atoms with E-state index in [1.165, 1.54) is 6.07 Å². The molecule has 27 heavy (non-hydrogen) atoms. The molecule has 9 nitrogen and oxygen atoms in total. The fourth-order valence-corrected chi connectivity index (χ4v) is 3.43. The predicted octanol–water partition coefficient (Wildman–Crippen LogP) is 1.16. The zero-order valence-corrected chi connectivity index (χ0v) is 15.3. The quantitative estimate of drug-likeness (QED) is 0.714. The Kier molecular flexibility index (Phi) is 5.70. The molecule has 2 atom stereocenters. The van der Waals surface area contributed by atoms with Crippen molar-refractivity contribution in [2.24, 2.45) is 13.0 Å². The summed E-state index contributed by atoms with van der Waals surface area (Å²) in [4.78, 5) is 29.5. The molecule has 0 unspecified atom stereocenters. The maximum absolute atomic E-state index is 12.6. The van der Waals surface area contributed by atoms with Crippen molar-refractivity contribution in [2.75, 3.05) is 32.1 Å². The molecule has 0 saturated carbocycles. The van der Waals surface area contributed by atoms with Gasteiger partial charge in [0, 0.05) is 51.3 Å². The van der Waals surface area contributed by atoms with Crippen LogP contribution in [0.1, 0.15) is 28.5 Å². The minimum atomic E-state index is -1.08. The van der Waals surface area contributed by atoms with Crippen LogP contribution in [0.15, 0.2) is 30.6 Å². The Morgan fingerprint density at radius 2 is 2.26 bits per heavy atom. The molecule has 2 aromatic rings. The molecule has 9 heteroatoms. The number of pyridine rings is 1. The molecular weight excluding hydrogens is 350 g/mol. The number of amides is 1. The molecule has 2 N–H and O–H groups in total. The molecule has 1 saturated heterocycles. The Labute approximate surface area is 156 Å². The van der Waals surface area contributed by atoms with Gasteiger partial charge in [0.15, 0.2) is 5.69 Å². The number of ether oxygens (including phenoxy) is 1. The lowest BCUT2D eigenvalue weighted by molar-refractivity contribution is -0.129. The lowest BCUT2D eigenvalue weighted by atomic mass is 9.95. The van der Waals surface area contributed by atoms with Gasteiger partial charge in [-0.25, -0.2) is 9.78 Å². The van der Waals surface area contributed by atoms with E-state index < -0.39 is 5.97 Å². The summed E-state index contributed by atoms with van der Waals surface area (Å²) in [7, 11) is 3.45. The van der Waals surface area contributed by atoms with E-state index in [0.29, 0.717) is 31.9 Å². The number of likely N-dealkylation sites (tertiary alicyclic amines) is 1. The van der Waals surface area contributed by atoms with Crippen LogP contribution in [-0.4, -0.2) is 63.5 Å². The van der Waals surface area contributed by atoms with E-state index in [-0.39, 0.29) is 23.6 Å². The van der Waals surface area contributed by atoms with Crippen LogP contribution in [0.4, 0.5) is 5.82 Å². The van der Waals surface area contributed by atoms with Gasteiger partial charge in [-0.2, -0.15) is 5.10 Å². The van der Waals surface area contributed by atoms with Gasteiger partial charge >= 0.3 is 5.97 Å². The van der Waals surface area contributed by atoms with E-state index in [1.807, 2.05) is 18.1 Å². The zero-order chi connectivity index (χ0) is 19.4. The minimum Gasteiger partial charge on any atom is -0.477 e. The Balaban J connectivity index is 1.77. The largest absolute Gasteiger partial charge is 0.477 e. The lowest BCUT2D eigenvalue weighted by Gasteiger charge is -2.27. The molecule has 1 aliphatic heterocycles. The standard InChI is InChI=1S/C18H23N5O4/c1-22-11-13(10-20-22)17-12(8-16(24)23(17)6-7-27-2)9-19-15-5-3-4-14(21-15)18(25)26/h3-5,10-12,17H,6-9H2,1-2H3,(H,19,21)(H,25,26)/t12-,17+/m0/s1. The smallest absolute Gasteiger partial charge is 0.354 e. The molecule has 2 aromatic heterocycles. The topological polar surface area (TPSA) is 110 Å². The highest BCUT2D eigenvalue weighted by atomic mass is 16.5. The highest BCUT2D eigenvalue weighted by Crippen LogP contribution is 2.37. The highest BCUT2D eigenvalue weighted by Gasteiger charge is 2.40. The van der Waals surface area contributed by atoms with Crippen LogP contribution < -0.4 is 5.32 Å². The maximum Gasteiger partial charge on any atom is 0.354 e. The summed E-state index contributed by atoms with van der Waals surface area (Å²) in [6.07, 6.45) is 4.09. The van der Waals surface area contributed by atoms with Gasteiger partial charge in [0.2, 0.25) is 5.91 Å². The summed E-state index contributed by atoms with van der Waals surface area (Å²) in [6, 6.07) is 4.68. The van der Waals surface area contributed by atoms with Crippen molar-refractivity contribution in [1.82, 2.24) is 19.7 Å². The average molecular weight is 373 g/mol. The SMILES string of the molecule is COCCN1C(=O)C[C@@H](CNc2cccc(C(=O)O)n2)[C@@H]1c1cnn(C)c1. The van der Waals surface area contributed by atoms with Crippen LogP contribution in [0.3, 0.4) is 0 Å². The number of rotatable bonds is 8. The van der Waals surface area contributed by atoms with Crippen molar-refractivity contribution in [2.45, 2.75) is 12.5 Å². The predicted molar refractivity (Wildman–Crippen MR) is 97.3 cm³/mol. The number of anilines is 1. The molecule has 3 heterocycles. The second kappa shape index (κ2) is 8.17. The molecule has 0 aromatic carbocycles. The summed E-state index contributed by atoms with van der Waals surface area (Å²) in [5, 5.41) is 16.5. The summed E-state index contributed by atoms with van der Waals surface area (Å²) in [5.74, 6) is -0.523. The van der Waals surface area contributed by atoms with Crippen LogP contribution >= 0.6 is 0 Å². The molecular formula is C18H23N5O4. The number of carbonyl (C=O) groups excluding carboxylic acids is 1. The number of aromatic nitrogens is 3. The van der Waals surface area contributed by atoms with Gasteiger partial charge in [-0.15, -0.1) is 0 Å². The summed E-state index contributed by atoms with van der Waals surface area (Å²) in [6.45, 7) is 1.47. The zero-order valence-electron chi connectivity index (χ0n) is 15.3. The average Bonchev–Trinajstić information content (AvgIpc) is 3.21. The number of carbonyl (C=O) groups is 2. The van der Waals surface area contributed by atoms with E-state index in [4.69, 9.17) is 9.84 Å². The van der Waals surface area contributed by atoms with Gasteiger partial charge in [-0.05, 0) is 12.1 Å². The van der Waals surface area contributed by atoms with Crippen LogP contribution in [0, 0.1) is 5.92 Å². The summed E-state index contributed by atoms with van der Waals surface area (Å²) >= 11 is 0. The van der Waals surface area contributed by atoms with Crippen molar-refractivity contribution in [3.63, 3.8) is 0 Å². The minimum absolute atomic E-state index is 0.00819. The second-order valence-electron chi connectivity index (χ2n) is 6.53. The first-order valence-corrected chi connectivity index (χ1v) is 8.70. The second-order valence-corrected chi connectivity index (χ2v) is 6.53. The number of aryl methyl sites for hydroxylation is 1. The van der Waals surface area contributed by atoms with Crippen molar-refractivity contribution in [1.29, 1.82) is 0 Å². The number of nitrogens with zero attached hydrogens (tertiary/aromatic N) is 4. The van der Waals surface area contributed by atoms with Crippen molar-refractivity contribution >= 4 is 17.7 Å². The van der Waals surface area contributed by atoms with E-state index in [0.717, 1.165) is 5.56 Å². The normalized spacial score (nSPS) is 19.5. The van der Waals surface area contributed by atoms with Gasteiger partial charge in [0.05, 0.1) is 18.8 Å². The van der Waals surface area contributed by atoms with Crippen molar-refractivity contribution < 1.29 is 19.4 Å². The Morgan fingerprint density at radius 3 is 2.93 bits per heavy atom. The lowest BCUT2D eigenvalue weighted by Crippen LogP contribution is -2.33. The third-order valence-corrected chi connectivity index (χ3v) is 4.66. The molecule has 0 spiro atoms. The fraction of sp³-hybridized carbons (Fsp3) is 0.444. The van der Waals surface area contributed by atoms with Gasteiger partial charge in [-0.3, -0.25) is 9.48 Å². The number of aromatic carboxylic acids is 1. The van der Waals surface area contributed by atoms with E-state index in [2.05, 4.69) is 15.4 Å². The van der Waals surface area contributed by atoms with Crippen molar-refractivity contribution in [3.05, 3.63) is 41.9 Å². The van der Waals surface area contributed by atoms with E-state index >= 15 is 0 Å². The molecule has 0 bridgehead atoms. The van der Waals surface area contributed by atoms with Crippen molar-refractivity contribution in [3.8, 4) is 0 Å². The number of carboxylic acids is 1. The summed E-state index contributed by atoms with van der Waals surface area (Å²) in [5.41, 5.74) is 0.950. The Hall–Kier alpha value is -2.94. The van der Waals surface area contributed by atoms with Gasteiger partial charge in [-0.1, -0.05) is 6.07 Å². The van der Waals surface area contributed by atoms with Gasteiger partial charge < -0.3 is 20.1 Å². The van der Waals surface area contributed by atoms with E-state index in [9.17, 15) is 9.59 Å². The summed E-state index contributed by atoms with van der Waals surface area (Å²) < 4.78 is 6.86. The molecule has 1 fully saturated rings. The number of nitrogens with one attached hydrogen (secondary N) is 1. The highest BCUT2D eigenvalue weighted by molar-refractivity contribution is 5.85. The van der Waals surface area contributed by atoms with Crippen LogP contribution in [0.5, 0.6) is 0 Å². The number of methoxy groups -OCH3 is 1. The van der Waals surface area contributed by atoms with Gasteiger partial charge in [0.25, 0.3) is 0 Å². The first-order chi connectivity index (χ1) is 13.0. The Bertz CT molecular complexity index is 822. The molecule has 3 rings (SSSR count). The number of carboxylic acid groups (broad SMARTS) is 1. The van der Waals surface area contributed by atoms with Crippen LogP contribution in [0.25, 0.3) is 0 Å². The van der Waals surface area contributed by atoms with Crippen LogP contribution in [-0.2, 0) is 16.6 Å². The molecule has 0 radical (unpaired) electrons. The molecule has 1 amide bonds. The molecule has 0 aliphatic carbocycles. The third kappa shape index (κ3) is 4.25. The number of hydrogen-bond donors (Lipinski definition) is 2. The molecule has 1 aliphatic rings. The van der Waals surface area contributed by atoms with Crippen LogP contribution in [0.2, 0.25) is 0 Å². The number of hydrogen-bond acceptors (Lipinski definition) is 6. The van der Waals surface area contributed by atoms with Gasteiger partial charge in [0.1, 0.15) is 5.82 Å². The molecule has 144 valence electrons. The third-order valence-electron chi connectivity index (χ3n) is 4.66. The monoisotopic (exact) mass is 373 g/mol. The van der Waals surface area contributed by atoms with E-state index in [1.54, 1.807) is 30.1 Å². The maximum atomic E-state index is 12.6. The Morgan fingerprint density at radius 1 is 1.44 bits per heavy atom. The fourth-order valence-electron chi connectivity index (χ4n) is 3.43. The first kappa shape index (κ1) is 18.8. The first-order valence-electron chi connectivity index (χ1n) is 8.70.